The van der Waals surface area contributed by atoms with Gasteiger partial charge in [0.15, 0.2) is 0 Å². The van der Waals surface area contributed by atoms with Crippen LogP contribution in [0.5, 0.6) is 0 Å². The highest BCUT2D eigenvalue weighted by molar-refractivity contribution is 5.87. The fourth-order valence-electron chi connectivity index (χ4n) is 2.98. The van der Waals surface area contributed by atoms with Crippen molar-refractivity contribution in [2.45, 2.75) is 0 Å². The highest BCUT2D eigenvalue weighted by atomic mass is 19.1. The van der Waals surface area contributed by atoms with Crippen LogP contribution in [0.1, 0.15) is 0 Å². The number of piperazine rings is 1. The Hall–Kier alpha value is -2.63. The largest absolute Gasteiger partial charge is 0.366 e. The lowest BCUT2D eigenvalue weighted by Crippen LogP contribution is -2.47. The van der Waals surface area contributed by atoms with E-state index in [2.05, 4.69) is 24.8 Å². The zero-order valence-electron chi connectivity index (χ0n) is 12.0. The number of nitrogens with one attached hydrogen (secondary N) is 1. The second kappa shape index (κ2) is 5.29. The molecule has 4 rings (SSSR count). The number of para-hydroxylation sites is 1. The maximum atomic E-state index is 13.9. The van der Waals surface area contributed by atoms with E-state index in [1.165, 1.54) is 6.07 Å². The molecule has 0 spiro atoms. The van der Waals surface area contributed by atoms with Gasteiger partial charge in [0.05, 0.1) is 11.1 Å². The first-order valence-corrected chi connectivity index (χ1v) is 7.35. The number of halogens is 1. The molecule has 0 unspecified atom stereocenters. The fraction of sp³-hybridized carbons (Fsp3) is 0.250. The molecule has 1 saturated heterocycles. The summed E-state index contributed by atoms with van der Waals surface area (Å²) >= 11 is 0. The van der Waals surface area contributed by atoms with Gasteiger partial charge in [0, 0.05) is 32.4 Å². The Morgan fingerprint density at radius 1 is 0.955 bits per heavy atom. The Balaban J connectivity index is 1.55. The molecule has 22 heavy (non-hydrogen) atoms. The van der Waals surface area contributed by atoms with Crippen molar-refractivity contribution in [1.29, 1.82) is 0 Å². The van der Waals surface area contributed by atoms with E-state index in [1.54, 1.807) is 12.4 Å². The van der Waals surface area contributed by atoms with Crippen LogP contribution in [0.3, 0.4) is 0 Å². The van der Waals surface area contributed by atoms with Gasteiger partial charge in [-0.3, -0.25) is 0 Å². The standard InChI is InChI=1S/C16H16FN5/c17-13-3-1-2-4-14(13)21-7-9-22(10-8-21)16-12-5-6-18-15(12)19-11-20-16/h1-6,11H,7-10H2,(H,18,19,20). The molecule has 0 radical (unpaired) electrons. The summed E-state index contributed by atoms with van der Waals surface area (Å²) < 4.78 is 13.9. The Kier molecular flexibility index (Phi) is 3.14. The van der Waals surface area contributed by atoms with Crippen LogP contribution in [-0.2, 0) is 0 Å². The molecule has 2 aromatic heterocycles. The molecule has 0 amide bonds. The predicted molar refractivity (Wildman–Crippen MR) is 84.7 cm³/mol. The van der Waals surface area contributed by atoms with Gasteiger partial charge in [0.2, 0.25) is 0 Å². The third-order valence-electron chi connectivity index (χ3n) is 4.11. The molecule has 1 aliphatic heterocycles. The van der Waals surface area contributed by atoms with Crippen molar-refractivity contribution in [3.8, 4) is 0 Å². The van der Waals surface area contributed by atoms with E-state index in [1.807, 2.05) is 24.4 Å². The average Bonchev–Trinajstić information content (AvgIpc) is 3.04. The Labute approximate surface area is 127 Å². The van der Waals surface area contributed by atoms with Crippen molar-refractivity contribution in [1.82, 2.24) is 15.0 Å². The summed E-state index contributed by atoms with van der Waals surface area (Å²) in [4.78, 5) is 16.1. The molecule has 1 fully saturated rings. The first kappa shape index (κ1) is 13.1. The summed E-state index contributed by atoms with van der Waals surface area (Å²) in [5.74, 6) is 0.783. The van der Waals surface area contributed by atoms with Gasteiger partial charge in [-0.2, -0.15) is 0 Å². The van der Waals surface area contributed by atoms with E-state index in [9.17, 15) is 4.39 Å². The van der Waals surface area contributed by atoms with Gasteiger partial charge in [-0.15, -0.1) is 0 Å². The van der Waals surface area contributed by atoms with Gasteiger partial charge < -0.3 is 14.8 Å². The zero-order valence-corrected chi connectivity index (χ0v) is 12.0. The van der Waals surface area contributed by atoms with Crippen LogP contribution in [0.2, 0.25) is 0 Å². The first-order chi connectivity index (χ1) is 10.8. The van der Waals surface area contributed by atoms with Gasteiger partial charge in [-0.1, -0.05) is 12.1 Å². The van der Waals surface area contributed by atoms with Crippen LogP contribution in [0, 0.1) is 5.82 Å². The number of fused-ring (bicyclic) bond motifs is 1. The molecule has 1 N–H and O–H groups in total. The molecule has 0 saturated carbocycles. The van der Waals surface area contributed by atoms with Crippen LogP contribution in [-0.4, -0.2) is 41.1 Å². The lowest BCUT2D eigenvalue weighted by atomic mass is 10.2. The molecule has 0 atom stereocenters. The minimum absolute atomic E-state index is 0.161. The summed E-state index contributed by atoms with van der Waals surface area (Å²) in [6, 6.07) is 8.93. The van der Waals surface area contributed by atoms with Crippen molar-refractivity contribution in [3.63, 3.8) is 0 Å². The molecule has 5 nitrogen and oxygen atoms in total. The van der Waals surface area contributed by atoms with E-state index in [-0.39, 0.29) is 5.82 Å². The van der Waals surface area contributed by atoms with Crippen LogP contribution < -0.4 is 9.80 Å². The van der Waals surface area contributed by atoms with Crippen molar-refractivity contribution in [3.05, 3.63) is 48.7 Å². The number of rotatable bonds is 2. The third-order valence-corrected chi connectivity index (χ3v) is 4.11. The average molecular weight is 297 g/mol. The Bertz CT molecular complexity index is 792. The number of hydrogen-bond donors (Lipinski definition) is 1. The molecule has 112 valence electrons. The molecular formula is C16H16FN5. The maximum Gasteiger partial charge on any atom is 0.146 e. The normalized spacial score (nSPS) is 15.5. The van der Waals surface area contributed by atoms with Crippen LogP contribution in [0.4, 0.5) is 15.9 Å². The summed E-state index contributed by atoms with van der Waals surface area (Å²) in [6.07, 6.45) is 3.45. The first-order valence-electron chi connectivity index (χ1n) is 7.35. The third kappa shape index (κ3) is 2.16. The molecule has 3 heterocycles. The lowest BCUT2D eigenvalue weighted by molar-refractivity contribution is 0.596. The van der Waals surface area contributed by atoms with Crippen molar-refractivity contribution < 1.29 is 4.39 Å². The monoisotopic (exact) mass is 297 g/mol. The minimum atomic E-state index is -0.161. The fourth-order valence-corrected chi connectivity index (χ4v) is 2.98. The summed E-state index contributed by atoms with van der Waals surface area (Å²) in [6.45, 7) is 3.17. The van der Waals surface area contributed by atoms with Crippen LogP contribution in [0.15, 0.2) is 42.9 Å². The SMILES string of the molecule is Fc1ccccc1N1CCN(c2ncnc3[nH]ccc23)CC1. The predicted octanol–water partition coefficient (Wildman–Crippen LogP) is 2.42. The number of H-pyrrole nitrogens is 1. The summed E-state index contributed by atoms with van der Waals surface area (Å²) in [5.41, 5.74) is 1.53. The smallest absolute Gasteiger partial charge is 0.146 e. The van der Waals surface area contributed by atoms with E-state index >= 15 is 0 Å². The van der Waals surface area contributed by atoms with E-state index in [0.717, 1.165) is 43.0 Å². The molecule has 0 bridgehead atoms. The number of anilines is 2. The Morgan fingerprint density at radius 3 is 2.55 bits per heavy atom. The zero-order chi connectivity index (χ0) is 14.9. The number of benzene rings is 1. The van der Waals surface area contributed by atoms with Crippen molar-refractivity contribution >= 4 is 22.5 Å². The van der Waals surface area contributed by atoms with Crippen LogP contribution in [0.25, 0.3) is 11.0 Å². The van der Waals surface area contributed by atoms with Gasteiger partial charge in [0.1, 0.15) is 23.6 Å². The molecular weight excluding hydrogens is 281 g/mol. The van der Waals surface area contributed by atoms with Crippen molar-refractivity contribution in [2.24, 2.45) is 0 Å². The lowest BCUT2D eigenvalue weighted by Gasteiger charge is -2.36. The highest BCUT2D eigenvalue weighted by Crippen LogP contribution is 2.25. The summed E-state index contributed by atoms with van der Waals surface area (Å²) in [5, 5.41) is 1.03. The highest BCUT2D eigenvalue weighted by Gasteiger charge is 2.21. The van der Waals surface area contributed by atoms with Crippen molar-refractivity contribution in [2.75, 3.05) is 36.0 Å². The van der Waals surface area contributed by atoms with E-state index < -0.39 is 0 Å². The topological polar surface area (TPSA) is 48.1 Å². The molecule has 1 aliphatic rings. The van der Waals surface area contributed by atoms with Crippen LogP contribution >= 0.6 is 0 Å². The second-order valence-electron chi connectivity index (χ2n) is 5.36. The second-order valence-corrected chi connectivity index (χ2v) is 5.36. The number of aromatic amines is 1. The van der Waals surface area contributed by atoms with Gasteiger partial charge >= 0.3 is 0 Å². The van der Waals surface area contributed by atoms with Gasteiger partial charge in [-0.25, -0.2) is 14.4 Å². The van der Waals surface area contributed by atoms with Gasteiger partial charge in [-0.05, 0) is 18.2 Å². The molecule has 1 aromatic carbocycles. The number of aromatic nitrogens is 3. The van der Waals surface area contributed by atoms with E-state index in [4.69, 9.17) is 0 Å². The quantitative estimate of drug-likeness (QED) is 0.789. The molecule has 0 aliphatic carbocycles. The Morgan fingerprint density at radius 2 is 1.73 bits per heavy atom. The molecule has 3 aromatic rings. The number of nitrogens with zero attached hydrogens (tertiary/aromatic N) is 4. The number of hydrogen-bond acceptors (Lipinski definition) is 4. The van der Waals surface area contributed by atoms with E-state index in [0.29, 0.717) is 5.69 Å². The maximum absolute atomic E-state index is 13.9. The minimum Gasteiger partial charge on any atom is -0.366 e. The summed E-state index contributed by atoms with van der Waals surface area (Å²) in [7, 11) is 0. The molecule has 6 heteroatoms. The van der Waals surface area contributed by atoms with Gasteiger partial charge in [0.25, 0.3) is 0 Å².